The molecule has 0 bridgehead atoms. The van der Waals surface area contributed by atoms with E-state index in [1.807, 2.05) is 16.0 Å². The summed E-state index contributed by atoms with van der Waals surface area (Å²) in [4.78, 5) is 32.0. The van der Waals surface area contributed by atoms with E-state index in [0.717, 1.165) is 4.96 Å². The third kappa shape index (κ3) is 3.98. The van der Waals surface area contributed by atoms with Crippen molar-refractivity contribution in [3.8, 4) is 11.5 Å². The van der Waals surface area contributed by atoms with Crippen molar-refractivity contribution in [1.82, 2.24) is 14.3 Å². The zero-order valence-electron chi connectivity index (χ0n) is 16.4. The standard InChI is InChI=1S/C21H19ClN4O4S/c22-19-15(26-9-10-31-21(26)24-19)2-4-18(27)25-7-5-13(6-8-25)20(28)23-14-1-3-16-17(11-14)30-12-29-16/h1-4,9-11,13H,5-8,12H2,(H,23,28)/b4-2+. The van der Waals surface area contributed by atoms with Gasteiger partial charge >= 0.3 is 0 Å². The van der Waals surface area contributed by atoms with Gasteiger partial charge in [-0.3, -0.25) is 14.0 Å². The number of nitrogens with zero attached hydrogens (tertiary/aromatic N) is 3. The summed E-state index contributed by atoms with van der Waals surface area (Å²) in [5.41, 5.74) is 1.36. The second-order valence-corrected chi connectivity index (χ2v) is 8.56. The first kappa shape index (κ1) is 19.9. The Kier molecular flexibility index (Phi) is 5.29. The fourth-order valence-corrected chi connectivity index (χ4v) is 4.77. The van der Waals surface area contributed by atoms with Gasteiger partial charge in [0.2, 0.25) is 18.6 Å². The van der Waals surface area contributed by atoms with Crippen LogP contribution in [-0.4, -0.2) is 46.0 Å². The highest BCUT2D eigenvalue weighted by Gasteiger charge is 2.27. The molecular weight excluding hydrogens is 440 g/mol. The van der Waals surface area contributed by atoms with Crippen LogP contribution in [0.15, 0.2) is 35.9 Å². The average molecular weight is 459 g/mol. The Hall–Kier alpha value is -3.04. The summed E-state index contributed by atoms with van der Waals surface area (Å²) in [7, 11) is 0. The minimum atomic E-state index is -0.145. The molecule has 2 aromatic heterocycles. The van der Waals surface area contributed by atoms with Gasteiger partial charge in [0.05, 0.1) is 5.69 Å². The van der Waals surface area contributed by atoms with Crippen LogP contribution in [0.3, 0.4) is 0 Å². The largest absolute Gasteiger partial charge is 0.454 e. The maximum absolute atomic E-state index is 12.6. The first-order valence-electron chi connectivity index (χ1n) is 9.87. The van der Waals surface area contributed by atoms with Crippen molar-refractivity contribution in [2.45, 2.75) is 12.8 Å². The topological polar surface area (TPSA) is 85.2 Å². The molecule has 0 radical (unpaired) electrons. The zero-order chi connectivity index (χ0) is 21.4. The summed E-state index contributed by atoms with van der Waals surface area (Å²) in [5, 5.41) is 5.22. The van der Waals surface area contributed by atoms with E-state index in [0.29, 0.717) is 54.0 Å². The van der Waals surface area contributed by atoms with Gasteiger partial charge in [0.15, 0.2) is 21.6 Å². The van der Waals surface area contributed by atoms with Gasteiger partial charge in [-0.1, -0.05) is 11.6 Å². The molecular formula is C21H19ClN4O4S. The van der Waals surface area contributed by atoms with E-state index >= 15 is 0 Å². The lowest BCUT2D eigenvalue weighted by Crippen LogP contribution is -2.40. The van der Waals surface area contributed by atoms with Gasteiger partial charge in [-0.25, -0.2) is 4.98 Å². The number of carbonyl (C=O) groups excluding carboxylic acids is 2. The molecule has 3 aromatic rings. The molecule has 5 rings (SSSR count). The number of carbonyl (C=O) groups is 2. The lowest BCUT2D eigenvalue weighted by atomic mass is 9.95. The molecule has 1 fully saturated rings. The maximum atomic E-state index is 12.6. The van der Waals surface area contributed by atoms with E-state index in [9.17, 15) is 9.59 Å². The van der Waals surface area contributed by atoms with Crippen LogP contribution < -0.4 is 14.8 Å². The van der Waals surface area contributed by atoms with E-state index < -0.39 is 0 Å². The molecule has 31 heavy (non-hydrogen) atoms. The highest BCUT2D eigenvalue weighted by Crippen LogP contribution is 2.34. The number of fused-ring (bicyclic) bond motifs is 2. The van der Waals surface area contributed by atoms with Gasteiger partial charge in [0, 0.05) is 48.4 Å². The van der Waals surface area contributed by atoms with Crippen LogP contribution in [0.2, 0.25) is 5.15 Å². The molecule has 1 saturated heterocycles. The molecule has 2 aliphatic rings. The van der Waals surface area contributed by atoms with E-state index in [4.69, 9.17) is 21.1 Å². The van der Waals surface area contributed by atoms with Crippen molar-refractivity contribution in [2.24, 2.45) is 5.92 Å². The first-order valence-corrected chi connectivity index (χ1v) is 11.1. The van der Waals surface area contributed by atoms with Crippen LogP contribution in [0.1, 0.15) is 18.5 Å². The summed E-state index contributed by atoms with van der Waals surface area (Å²) in [5.74, 6) is 1.01. The Balaban J connectivity index is 1.16. The van der Waals surface area contributed by atoms with E-state index in [-0.39, 0.29) is 24.5 Å². The fourth-order valence-electron chi connectivity index (χ4n) is 3.76. The number of nitrogens with one attached hydrogen (secondary N) is 1. The predicted octanol–water partition coefficient (Wildman–Crippen LogP) is 3.67. The molecule has 0 unspecified atom stereocenters. The molecule has 160 valence electrons. The Bertz CT molecular complexity index is 1180. The average Bonchev–Trinajstić information content (AvgIpc) is 3.48. The number of benzene rings is 1. The Morgan fingerprint density at radius 2 is 2.03 bits per heavy atom. The number of amides is 2. The van der Waals surface area contributed by atoms with Crippen molar-refractivity contribution in [1.29, 1.82) is 0 Å². The predicted molar refractivity (Wildman–Crippen MR) is 118 cm³/mol. The van der Waals surface area contributed by atoms with Crippen LogP contribution in [0.25, 0.3) is 11.0 Å². The van der Waals surface area contributed by atoms with Gasteiger partial charge < -0.3 is 19.7 Å². The quantitative estimate of drug-likeness (QED) is 0.603. The van der Waals surface area contributed by atoms with E-state index in [2.05, 4.69) is 10.3 Å². The Morgan fingerprint density at radius 1 is 1.23 bits per heavy atom. The van der Waals surface area contributed by atoms with Gasteiger partial charge in [0.1, 0.15) is 0 Å². The molecule has 0 spiro atoms. The second-order valence-electron chi connectivity index (χ2n) is 7.33. The molecule has 0 saturated carbocycles. The number of aromatic nitrogens is 2. The molecule has 2 amide bonds. The summed E-state index contributed by atoms with van der Waals surface area (Å²) in [6, 6.07) is 5.33. The smallest absolute Gasteiger partial charge is 0.246 e. The maximum Gasteiger partial charge on any atom is 0.246 e. The molecule has 4 heterocycles. The van der Waals surface area contributed by atoms with Gasteiger partial charge in [-0.15, -0.1) is 11.3 Å². The number of rotatable bonds is 4. The summed E-state index contributed by atoms with van der Waals surface area (Å²) in [6.07, 6.45) is 6.29. The third-order valence-corrected chi connectivity index (χ3v) is 6.49. The highest BCUT2D eigenvalue weighted by molar-refractivity contribution is 7.15. The zero-order valence-corrected chi connectivity index (χ0v) is 18.0. The number of imidazole rings is 1. The van der Waals surface area contributed by atoms with Crippen molar-refractivity contribution in [3.63, 3.8) is 0 Å². The SMILES string of the molecule is O=C(Nc1ccc2c(c1)OCO2)C1CCN(C(=O)/C=C/c2c(Cl)nc3sccn23)CC1. The Morgan fingerprint density at radius 3 is 2.87 bits per heavy atom. The van der Waals surface area contributed by atoms with E-state index in [1.165, 1.54) is 17.4 Å². The molecule has 2 aliphatic heterocycles. The normalized spacial score (nSPS) is 16.4. The molecule has 8 nitrogen and oxygen atoms in total. The number of ether oxygens (including phenoxy) is 2. The fraction of sp³-hybridized carbons (Fsp3) is 0.286. The minimum absolute atomic E-state index is 0.0487. The lowest BCUT2D eigenvalue weighted by molar-refractivity contribution is -0.130. The highest BCUT2D eigenvalue weighted by atomic mass is 35.5. The van der Waals surface area contributed by atoms with Crippen molar-refractivity contribution in [3.05, 3.63) is 46.7 Å². The number of hydrogen-bond acceptors (Lipinski definition) is 6. The van der Waals surface area contributed by atoms with Crippen LogP contribution >= 0.6 is 22.9 Å². The van der Waals surface area contributed by atoms with Gasteiger partial charge in [-0.05, 0) is 31.1 Å². The Labute approximate surface area is 187 Å². The molecule has 0 aliphatic carbocycles. The summed E-state index contributed by atoms with van der Waals surface area (Å²) >= 11 is 7.65. The number of halogens is 1. The van der Waals surface area contributed by atoms with Crippen LogP contribution in [0.5, 0.6) is 11.5 Å². The van der Waals surface area contributed by atoms with Gasteiger partial charge in [-0.2, -0.15) is 0 Å². The van der Waals surface area contributed by atoms with E-state index in [1.54, 1.807) is 29.2 Å². The first-order chi connectivity index (χ1) is 15.1. The lowest BCUT2D eigenvalue weighted by Gasteiger charge is -2.30. The van der Waals surface area contributed by atoms with Crippen LogP contribution in [-0.2, 0) is 9.59 Å². The molecule has 10 heteroatoms. The molecule has 1 aromatic carbocycles. The third-order valence-electron chi connectivity index (χ3n) is 5.46. The monoisotopic (exact) mass is 458 g/mol. The van der Waals surface area contributed by atoms with Crippen molar-refractivity contribution in [2.75, 3.05) is 25.2 Å². The second kappa shape index (κ2) is 8.24. The number of thiazole rings is 1. The minimum Gasteiger partial charge on any atom is -0.454 e. The van der Waals surface area contributed by atoms with Crippen molar-refractivity contribution >= 4 is 51.5 Å². The summed E-state index contributed by atoms with van der Waals surface area (Å²) in [6.45, 7) is 1.24. The summed E-state index contributed by atoms with van der Waals surface area (Å²) < 4.78 is 12.5. The number of hydrogen-bond donors (Lipinski definition) is 1. The number of likely N-dealkylation sites (tertiary alicyclic amines) is 1. The number of anilines is 1. The van der Waals surface area contributed by atoms with Gasteiger partial charge in [0.25, 0.3) is 0 Å². The van der Waals surface area contributed by atoms with Crippen LogP contribution in [0.4, 0.5) is 5.69 Å². The molecule has 1 N–H and O–H groups in total. The number of piperidine rings is 1. The van der Waals surface area contributed by atoms with Crippen LogP contribution in [0, 0.1) is 5.92 Å². The van der Waals surface area contributed by atoms with Crippen molar-refractivity contribution < 1.29 is 19.1 Å². The molecule has 0 atom stereocenters.